The molecule has 6 heteroatoms. The van der Waals surface area contributed by atoms with Gasteiger partial charge in [-0.15, -0.1) is 10.2 Å². The zero-order chi connectivity index (χ0) is 13.8. The molecule has 2 aromatic rings. The van der Waals surface area contributed by atoms with Crippen LogP contribution in [0.4, 0.5) is 0 Å². The molecule has 0 atom stereocenters. The van der Waals surface area contributed by atoms with Crippen LogP contribution in [0.2, 0.25) is 0 Å². The van der Waals surface area contributed by atoms with Gasteiger partial charge in [0.25, 0.3) is 0 Å². The number of nitrogens with zero attached hydrogens (tertiary/aromatic N) is 3. The summed E-state index contributed by atoms with van der Waals surface area (Å²) in [6.07, 6.45) is 0. The summed E-state index contributed by atoms with van der Waals surface area (Å²) in [6.45, 7) is 3.92. The van der Waals surface area contributed by atoms with Crippen molar-refractivity contribution >= 4 is 17.7 Å². The fourth-order valence-electron chi connectivity index (χ4n) is 1.71. The van der Waals surface area contributed by atoms with Crippen molar-refractivity contribution in [3.8, 4) is 5.69 Å². The zero-order valence-corrected chi connectivity index (χ0v) is 11.9. The number of thioether (sulfide) groups is 1. The van der Waals surface area contributed by atoms with Crippen LogP contribution in [0.5, 0.6) is 0 Å². The first-order chi connectivity index (χ1) is 9.13. The standard InChI is InChI=1S/C13H15N3O2S/c1-9-6-4-5-7-11(9)16-10(2)14-15-13(16)19-8-12(17)18-3/h4-7H,8H2,1-3H3. The van der Waals surface area contributed by atoms with Gasteiger partial charge in [-0.1, -0.05) is 30.0 Å². The minimum Gasteiger partial charge on any atom is -0.468 e. The van der Waals surface area contributed by atoms with Gasteiger partial charge in [0.05, 0.1) is 18.6 Å². The quantitative estimate of drug-likeness (QED) is 0.633. The number of benzene rings is 1. The van der Waals surface area contributed by atoms with Gasteiger partial charge in [-0.05, 0) is 25.5 Å². The van der Waals surface area contributed by atoms with E-state index in [-0.39, 0.29) is 11.7 Å². The van der Waals surface area contributed by atoms with E-state index >= 15 is 0 Å². The lowest BCUT2D eigenvalue weighted by Crippen LogP contribution is -2.06. The van der Waals surface area contributed by atoms with Gasteiger partial charge in [0, 0.05) is 0 Å². The molecule has 0 saturated carbocycles. The first-order valence-electron chi connectivity index (χ1n) is 5.81. The predicted octanol–water partition coefficient (Wildman–Crippen LogP) is 2.15. The summed E-state index contributed by atoms with van der Waals surface area (Å²) in [5.41, 5.74) is 2.16. The van der Waals surface area contributed by atoms with Gasteiger partial charge >= 0.3 is 5.97 Å². The van der Waals surface area contributed by atoms with E-state index in [1.807, 2.05) is 42.7 Å². The summed E-state index contributed by atoms with van der Waals surface area (Å²) in [4.78, 5) is 11.2. The molecule has 0 aliphatic carbocycles. The van der Waals surface area contributed by atoms with Crippen LogP contribution < -0.4 is 0 Å². The number of methoxy groups -OCH3 is 1. The van der Waals surface area contributed by atoms with E-state index < -0.39 is 0 Å². The van der Waals surface area contributed by atoms with E-state index in [4.69, 9.17) is 0 Å². The van der Waals surface area contributed by atoms with E-state index in [9.17, 15) is 4.79 Å². The highest BCUT2D eigenvalue weighted by Gasteiger charge is 2.14. The number of rotatable bonds is 4. The van der Waals surface area contributed by atoms with Crippen LogP contribution in [0, 0.1) is 13.8 Å². The molecule has 1 aromatic carbocycles. The number of hydrogen-bond donors (Lipinski definition) is 0. The molecular formula is C13H15N3O2S. The third-order valence-electron chi connectivity index (χ3n) is 2.70. The molecule has 0 fully saturated rings. The number of esters is 1. The lowest BCUT2D eigenvalue weighted by Gasteiger charge is -2.10. The molecule has 0 aliphatic heterocycles. The number of carbonyl (C=O) groups excluding carboxylic acids is 1. The van der Waals surface area contributed by atoms with Gasteiger partial charge in [0.15, 0.2) is 5.16 Å². The summed E-state index contributed by atoms with van der Waals surface area (Å²) >= 11 is 1.32. The summed E-state index contributed by atoms with van der Waals surface area (Å²) in [6, 6.07) is 7.99. The van der Waals surface area contributed by atoms with Gasteiger partial charge < -0.3 is 4.74 Å². The molecule has 0 radical (unpaired) electrons. The van der Waals surface area contributed by atoms with Gasteiger partial charge in [-0.3, -0.25) is 9.36 Å². The largest absolute Gasteiger partial charge is 0.468 e. The van der Waals surface area contributed by atoms with E-state index in [0.29, 0.717) is 5.16 Å². The second-order valence-electron chi connectivity index (χ2n) is 4.02. The monoisotopic (exact) mass is 277 g/mol. The number of carbonyl (C=O) groups is 1. The second kappa shape index (κ2) is 5.88. The van der Waals surface area contributed by atoms with Crippen LogP contribution >= 0.6 is 11.8 Å². The number of para-hydroxylation sites is 1. The molecule has 0 N–H and O–H groups in total. The molecule has 5 nitrogen and oxygen atoms in total. The average molecular weight is 277 g/mol. The highest BCUT2D eigenvalue weighted by atomic mass is 32.2. The zero-order valence-electron chi connectivity index (χ0n) is 11.1. The van der Waals surface area contributed by atoms with Crippen molar-refractivity contribution in [1.82, 2.24) is 14.8 Å². The lowest BCUT2D eigenvalue weighted by atomic mass is 10.2. The smallest absolute Gasteiger partial charge is 0.316 e. The van der Waals surface area contributed by atoms with Gasteiger partial charge in [-0.25, -0.2) is 0 Å². The molecule has 0 spiro atoms. The van der Waals surface area contributed by atoms with Crippen molar-refractivity contribution in [2.24, 2.45) is 0 Å². The van der Waals surface area contributed by atoms with Crippen molar-refractivity contribution < 1.29 is 9.53 Å². The van der Waals surface area contributed by atoms with E-state index in [1.54, 1.807) is 0 Å². The van der Waals surface area contributed by atoms with Crippen molar-refractivity contribution in [1.29, 1.82) is 0 Å². The number of aromatic nitrogens is 3. The molecule has 19 heavy (non-hydrogen) atoms. The van der Waals surface area contributed by atoms with Crippen LogP contribution in [0.15, 0.2) is 29.4 Å². The summed E-state index contributed by atoms with van der Waals surface area (Å²) in [5.74, 6) is 0.740. The minimum absolute atomic E-state index is 0.223. The average Bonchev–Trinajstić information content (AvgIpc) is 2.78. The second-order valence-corrected chi connectivity index (χ2v) is 4.96. The Bertz CT molecular complexity index is 595. The van der Waals surface area contributed by atoms with Crippen LogP contribution in [0.1, 0.15) is 11.4 Å². The van der Waals surface area contributed by atoms with Crippen LogP contribution in [-0.4, -0.2) is 33.6 Å². The van der Waals surface area contributed by atoms with E-state index in [1.165, 1.54) is 18.9 Å². The third-order valence-corrected chi connectivity index (χ3v) is 3.60. The Morgan fingerprint density at radius 1 is 1.32 bits per heavy atom. The molecule has 0 bridgehead atoms. The maximum atomic E-state index is 11.2. The van der Waals surface area contributed by atoms with Gasteiger partial charge in [0.2, 0.25) is 0 Å². The molecule has 1 heterocycles. The Balaban J connectivity index is 2.33. The first-order valence-corrected chi connectivity index (χ1v) is 6.79. The van der Waals surface area contributed by atoms with Crippen molar-refractivity contribution in [3.05, 3.63) is 35.7 Å². The normalized spacial score (nSPS) is 10.5. The molecule has 0 saturated heterocycles. The van der Waals surface area contributed by atoms with Crippen molar-refractivity contribution in [2.75, 3.05) is 12.9 Å². The molecule has 1 aromatic heterocycles. The van der Waals surface area contributed by atoms with E-state index in [0.717, 1.165) is 17.1 Å². The van der Waals surface area contributed by atoms with Gasteiger partial charge in [-0.2, -0.15) is 0 Å². The first kappa shape index (κ1) is 13.6. The maximum Gasteiger partial charge on any atom is 0.316 e. The summed E-state index contributed by atoms with van der Waals surface area (Å²) in [7, 11) is 1.38. The Kier molecular flexibility index (Phi) is 4.21. The SMILES string of the molecule is COC(=O)CSc1nnc(C)n1-c1ccccc1C. The molecule has 0 aliphatic rings. The fourth-order valence-corrected chi connectivity index (χ4v) is 2.53. The molecule has 100 valence electrons. The summed E-state index contributed by atoms with van der Waals surface area (Å²) in [5, 5.41) is 8.88. The Morgan fingerprint density at radius 2 is 2.05 bits per heavy atom. The Morgan fingerprint density at radius 3 is 2.74 bits per heavy atom. The number of ether oxygens (including phenoxy) is 1. The fraction of sp³-hybridized carbons (Fsp3) is 0.308. The molecular weight excluding hydrogens is 262 g/mol. The van der Waals surface area contributed by atoms with Crippen LogP contribution in [-0.2, 0) is 9.53 Å². The Hall–Kier alpha value is -1.82. The molecule has 0 unspecified atom stereocenters. The highest BCUT2D eigenvalue weighted by Crippen LogP contribution is 2.23. The molecule has 0 amide bonds. The van der Waals surface area contributed by atoms with Crippen LogP contribution in [0.3, 0.4) is 0 Å². The number of hydrogen-bond acceptors (Lipinski definition) is 5. The van der Waals surface area contributed by atoms with Gasteiger partial charge in [0.1, 0.15) is 5.82 Å². The highest BCUT2D eigenvalue weighted by molar-refractivity contribution is 7.99. The van der Waals surface area contributed by atoms with E-state index in [2.05, 4.69) is 14.9 Å². The molecule has 2 rings (SSSR count). The lowest BCUT2D eigenvalue weighted by molar-refractivity contribution is -0.137. The van der Waals surface area contributed by atoms with Crippen molar-refractivity contribution in [2.45, 2.75) is 19.0 Å². The Labute approximate surface area is 116 Å². The predicted molar refractivity (Wildman–Crippen MR) is 73.6 cm³/mol. The van der Waals surface area contributed by atoms with Crippen molar-refractivity contribution in [3.63, 3.8) is 0 Å². The number of aryl methyl sites for hydroxylation is 2. The maximum absolute atomic E-state index is 11.2. The van der Waals surface area contributed by atoms with Crippen LogP contribution in [0.25, 0.3) is 5.69 Å². The summed E-state index contributed by atoms with van der Waals surface area (Å²) < 4.78 is 6.58. The minimum atomic E-state index is -0.276. The topological polar surface area (TPSA) is 57.0 Å². The third kappa shape index (κ3) is 2.96.